The van der Waals surface area contributed by atoms with E-state index in [4.69, 9.17) is 23.2 Å². The fraction of sp³-hybridized carbons (Fsp3) is 0.308. The van der Waals surface area contributed by atoms with E-state index in [1.165, 1.54) is 0 Å². The zero-order valence-corrected chi connectivity index (χ0v) is 12.6. The summed E-state index contributed by atoms with van der Waals surface area (Å²) in [5, 5.41) is 5.18. The second-order valence-corrected chi connectivity index (χ2v) is 5.17. The van der Waals surface area contributed by atoms with Gasteiger partial charge >= 0.3 is 0 Å². The van der Waals surface area contributed by atoms with Crippen LogP contribution >= 0.6 is 23.2 Å². The maximum atomic E-state index is 5.97. The van der Waals surface area contributed by atoms with Gasteiger partial charge in [0.15, 0.2) is 11.5 Å². The summed E-state index contributed by atoms with van der Waals surface area (Å²) in [5.41, 5.74) is 3.29. The van der Waals surface area contributed by atoms with Gasteiger partial charge in [-0.3, -0.25) is 4.68 Å². The van der Waals surface area contributed by atoms with Crippen molar-refractivity contribution in [2.75, 3.05) is 0 Å². The average molecular weight is 310 g/mol. The quantitative estimate of drug-likeness (QED) is 0.750. The van der Waals surface area contributed by atoms with E-state index in [9.17, 15) is 0 Å². The number of rotatable bonds is 3. The molecule has 3 rings (SSSR count). The molecule has 0 aliphatic heterocycles. The van der Waals surface area contributed by atoms with Crippen LogP contribution in [0, 0.1) is 0 Å². The van der Waals surface area contributed by atoms with Gasteiger partial charge in [-0.1, -0.05) is 30.1 Å². The number of aryl methyl sites for hydroxylation is 2. The summed E-state index contributed by atoms with van der Waals surface area (Å²) in [6, 6.07) is 3.76. The van der Waals surface area contributed by atoms with E-state index >= 15 is 0 Å². The van der Waals surface area contributed by atoms with Crippen molar-refractivity contribution in [2.24, 2.45) is 0 Å². The lowest BCUT2D eigenvalue weighted by molar-refractivity contribution is 0.653. The molecule has 0 amide bonds. The summed E-state index contributed by atoms with van der Waals surface area (Å²) >= 11 is 11.9. The Hall–Kier alpha value is -1.59. The van der Waals surface area contributed by atoms with E-state index in [0.29, 0.717) is 10.7 Å². The van der Waals surface area contributed by atoms with Crippen molar-refractivity contribution >= 4 is 34.4 Å². The van der Waals surface area contributed by atoms with Crippen molar-refractivity contribution in [3.05, 3.63) is 28.0 Å². The topological polar surface area (TPSA) is 59.4 Å². The fourth-order valence-electron chi connectivity index (χ4n) is 2.09. The first-order valence-corrected chi connectivity index (χ1v) is 7.16. The van der Waals surface area contributed by atoms with Crippen LogP contribution in [0.5, 0.6) is 0 Å². The molecular weight excluding hydrogens is 297 g/mol. The van der Waals surface area contributed by atoms with E-state index in [1.54, 1.807) is 6.07 Å². The molecule has 20 heavy (non-hydrogen) atoms. The normalized spacial score (nSPS) is 11.4. The number of halogens is 2. The molecule has 5 nitrogen and oxygen atoms in total. The molecule has 0 aromatic carbocycles. The molecule has 0 aliphatic rings. The SMILES string of the molecule is CCc1cc(-c2nc3nc(Cl)c(Cl)cc3[nH]2)n(CC)n1. The molecule has 104 valence electrons. The van der Waals surface area contributed by atoms with E-state index in [-0.39, 0.29) is 5.15 Å². The first-order valence-electron chi connectivity index (χ1n) is 6.41. The molecule has 0 spiro atoms. The Balaban J connectivity index is 2.16. The van der Waals surface area contributed by atoms with Crippen LogP contribution < -0.4 is 0 Å². The molecule has 1 N–H and O–H groups in total. The minimum atomic E-state index is 0.260. The number of hydrogen-bond acceptors (Lipinski definition) is 3. The highest BCUT2D eigenvalue weighted by molar-refractivity contribution is 6.41. The number of aromatic nitrogens is 5. The molecule has 0 saturated carbocycles. The molecule has 3 heterocycles. The van der Waals surface area contributed by atoms with Gasteiger partial charge in [0, 0.05) is 6.54 Å². The van der Waals surface area contributed by atoms with Crippen LogP contribution in [-0.4, -0.2) is 24.7 Å². The van der Waals surface area contributed by atoms with Crippen LogP contribution in [0.15, 0.2) is 12.1 Å². The monoisotopic (exact) mass is 309 g/mol. The lowest BCUT2D eigenvalue weighted by Gasteiger charge is -1.99. The molecule has 0 bridgehead atoms. The lowest BCUT2D eigenvalue weighted by atomic mass is 10.3. The van der Waals surface area contributed by atoms with Crippen molar-refractivity contribution < 1.29 is 0 Å². The third kappa shape index (κ3) is 2.17. The molecule has 0 saturated heterocycles. The van der Waals surface area contributed by atoms with Crippen molar-refractivity contribution in [2.45, 2.75) is 26.8 Å². The van der Waals surface area contributed by atoms with Crippen LogP contribution in [0.2, 0.25) is 10.2 Å². The third-order valence-electron chi connectivity index (χ3n) is 3.12. The number of nitrogens with zero attached hydrogens (tertiary/aromatic N) is 4. The highest BCUT2D eigenvalue weighted by atomic mass is 35.5. The van der Waals surface area contributed by atoms with Gasteiger partial charge in [-0.2, -0.15) is 5.10 Å². The molecule has 3 aromatic rings. The summed E-state index contributed by atoms with van der Waals surface area (Å²) < 4.78 is 1.92. The summed E-state index contributed by atoms with van der Waals surface area (Å²) in [7, 11) is 0. The van der Waals surface area contributed by atoms with Gasteiger partial charge in [-0.15, -0.1) is 0 Å². The number of imidazole rings is 1. The Kier molecular flexibility index (Phi) is 3.40. The lowest BCUT2D eigenvalue weighted by Crippen LogP contribution is -2.00. The fourth-order valence-corrected chi connectivity index (χ4v) is 2.38. The van der Waals surface area contributed by atoms with Gasteiger partial charge in [0.2, 0.25) is 0 Å². The summed E-state index contributed by atoms with van der Waals surface area (Å²) in [6.07, 6.45) is 0.885. The van der Waals surface area contributed by atoms with Gasteiger partial charge in [0.25, 0.3) is 0 Å². The van der Waals surface area contributed by atoms with Gasteiger partial charge in [-0.25, -0.2) is 9.97 Å². The second-order valence-electron chi connectivity index (χ2n) is 4.41. The van der Waals surface area contributed by atoms with Gasteiger partial charge < -0.3 is 4.98 Å². The Morgan fingerprint density at radius 3 is 2.70 bits per heavy atom. The molecule has 0 atom stereocenters. The zero-order chi connectivity index (χ0) is 14.3. The van der Waals surface area contributed by atoms with E-state index in [1.807, 2.05) is 17.7 Å². The second kappa shape index (κ2) is 5.07. The van der Waals surface area contributed by atoms with Crippen LogP contribution in [0.3, 0.4) is 0 Å². The van der Waals surface area contributed by atoms with Crippen LogP contribution in [0.25, 0.3) is 22.7 Å². The van der Waals surface area contributed by atoms with Crippen molar-refractivity contribution in [3.8, 4) is 11.5 Å². The number of nitrogens with one attached hydrogen (secondary N) is 1. The number of H-pyrrole nitrogens is 1. The van der Waals surface area contributed by atoms with Gasteiger partial charge in [0.1, 0.15) is 10.8 Å². The standard InChI is InChI=1S/C13H13Cl2N5/c1-3-7-5-10(20(4-2)19-7)13-16-9-6-8(14)11(15)17-12(9)18-13/h5-6H,3-4H2,1-2H3,(H,16,17,18). The predicted molar refractivity (Wildman–Crippen MR) is 80.2 cm³/mol. The molecule has 0 unspecified atom stereocenters. The molecule has 0 radical (unpaired) electrons. The zero-order valence-electron chi connectivity index (χ0n) is 11.1. The Morgan fingerprint density at radius 1 is 1.20 bits per heavy atom. The van der Waals surface area contributed by atoms with E-state index in [2.05, 4.69) is 27.0 Å². The largest absolute Gasteiger partial charge is 0.335 e. The molecule has 3 aromatic heterocycles. The predicted octanol–water partition coefficient (Wildman–Crippen LogP) is 3.71. The number of fused-ring (bicyclic) bond motifs is 1. The number of pyridine rings is 1. The first kappa shape index (κ1) is 13.4. The Labute approximate surface area is 125 Å². The van der Waals surface area contributed by atoms with Crippen molar-refractivity contribution in [3.63, 3.8) is 0 Å². The highest BCUT2D eigenvalue weighted by Gasteiger charge is 2.14. The van der Waals surface area contributed by atoms with E-state index in [0.717, 1.165) is 35.7 Å². The van der Waals surface area contributed by atoms with Gasteiger partial charge in [-0.05, 0) is 25.5 Å². The van der Waals surface area contributed by atoms with Crippen molar-refractivity contribution in [1.82, 2.24) is 24.7 Å². The average Bonchev–Trinajstić information content (AvgIpc) is 3.02. The third-order valence-corrected chi connectivity index (χ3v) is 3.79. The first-order chi connectivity index (χ1) is 9.62. The Bertz CT molecular complexity index is 736. The van der Waals surface area contributed by atoms with Crippen molar-refractivity contribution in [1.29, 1.82) is 0 Å². The van der Waals surface area contributed by atoms with Crippen LogP contribution in [-0.2, 0) is 13.0 Å². The molecule has 0 aliphatic carbocycles. The summed E-state index contributed by atoms with van der Waals surface area (Å²) in [5.74, 6) is 0.722. The summed E-state index contributed by atoms with van der Waals surface area (Å²) in [4.78, 5) is 11.9. The minimum Gasteiger partial charge on any atom is -0.335 e. The minimum absolute atomic E-state index is 0.260. The molecule has 7 heteroatoms. The number of aromatic amines is 1. The van der Waals surface area contributed by atoms with E-state index < -0.39 is 0 Å². The van der Waals surface area contributed by atoms with Gasteiger partial charge in [0.05, 0.1) is 16.2 Å². The van der Waals surface area contributed by atoms with Crippen LogP contribution in [0.1, 0.15) is 19.5 Å². The maximum absolute atomic E-state index is 5.97. The maximum Gasteiger partial charge on any atom is 0.179 e. The summed E-state index contributed by atoms with van der Waals surface area (Å²) in [6.45, 7) is 4.90. The molecular formula is C13H13Cl2N5. The Morgan fingerprint density at radius 2 is 2.00 bits per heavy atom. The highest BCUT2D eigenvalue weighted by Crippen LogP contribution is 2.26. The van der Waals surface area contributed by atoms with Crippen LogP contribution in [0.4, 0.5) is 0 Å². The molecule has 0 fully saturated rings. The number of hydrogen-bond donors (Lipinski definition) is 1. The smallest absolute Gasteiger partial charge is 0.179 e.